The summed E-state index contributed by atoms with van der Waals surface area (Å²) in [6.45, 7) is 0.244. The first-order valence-electron chi connectivity index (χ1n) is 9.36. The van der Waals surface area contributed by atoms with Gasteiger partial charge >= 0.3 is 6.18 Å². The summed E-state index contributed by atoms with van der Waals surface area (Å²) in [4.78, 5) is 12.6. The molecule has 0 radical (unpaired) electrons. The number of nitrogens with one attached hydrogen (secondary N) is 1. The van der Waals surface area contributed by atoms with Crippen LogP contribution in [0.4, 0.5) is 18.9 Å². The quantitative estimate of drug-likeness (QED) is 0.627. The van der Waals surface area contributed by atoms with Crippen molar-refractivity contribution in [2.45, 2.75) is 23.9 Å². The average Bonchev–Trinajstić information content (AvgIpc) is 3.22. The Labute approximate surface area is 180 Å². The molecule has 7 nitrogen and oxygen atoms in total. The van der Waals surface area contributed by atoms with Gasteiger partial charge in [0, 0.05) is 24.7 Å². The van der Waals surface area contributed by atoms with Crippen molar-refractivity contribution in [2.24, 2.45) is 5.92 Å². The van der Waals surface area contributed by atoms with E-state index in [4.69, 9.17) is 0 Å². The van der Waals surface area contributed by atoms with Crippen molar-refractivity contribution in [1.82, 2.24) is 13.1 Å². The van der Waals surface area contributed by atoms with Crippen LogP contribution in [0, 0.1) is 5.92 Å². The maximum atomic E-state index is 13.1. The number of anilines is 1. The zero-order valence-corrected chi connectivity index (χ0v) is 17.6. The first-order chi connectivity index (χ1) is 14.7. The average molecular weight is 470 g/mol. The van der Waals surface area contributed by atoms with Gasteiger partial charge in [0.15, 0.2) is 0 Å². The summed E-state index contributed by atoms with van der Waals surface area (Å²) in [7, 11) is -3.81. The highest BCUT2D eigenvalue weighted by molar-refractivity contribution is 7.89. The minimum Gasteiger partial charge on any atom is -0.326 e. The summed E-state index contributed by atoms with van der Waals surface area (Å²) in [5.74, 6) is -0.931. The lowest BCUT2D eigenvalue weighted by molar-refractivity contribution is -0.137. The number of alkyl halides is 3. The van der Waals surface area contributed by atoms with Gasteiger partial charge in [0.2, 0.25) is 15.9 Å². The number of nitrogens with zero attached hydrogens (tertiary/aromatic N) is 3. The van der Waals surface area contributed by atoms with E-state index in [9.17, 15) is 26.4 Å². The number of hydrogen-bond donors (Lipinski definition) is 1. The molecule has 31 heavy (non-hydrogen) atoms. The molecule has 0 spiro atoms. The van der Waals surface area contributed by atoms with E-state index in [0.717, 1.165) is 23.9 Å². The van der Waals surface area contributed by atoms with Crippen molar-refractivity contribution < 1.29 is 26.4 Å². The Bertz CT molecular complexity index is 1220. The molecule has 2 heterocycles. The van der Waals surface area contributed by atoms with Crippen LogP contribution in [0.3, 0.4) is 0 Å². The minimum absolute atomic E-state index is 0.0533. The highest BCUT2D eigenvalue weighted by atomic mass is 32.2. The van der Waals surface area contributed by atoms with Crippen molar-refractivity contribution in [3.63, 3.8) is 0 Å². The van der Waals surface area contributed by atoms with Crippen molar-refractivity contribution in [1.29, 1.82) is 0 Å². The summed E-state index contributed by atoms with van der Waals surface area (Å²) in [5, 5.41) is 2.51. The lowest BCUT2D eigenvalue weighted by Gasteiger charge is -2.30. The largest absolute Gasteiger partial charge is 0.416 e. The van der Waals surface area contributed by atoms with Crippen LogP contribution in [-0.2, 0) is 21.0 Å². The third-order valence-electron chi connectivity index (χ3n) is 5.15. The second-order valence-electron chi connectivity index (χ2n) is 7.13. The zero-order valence-electron chi connectivity index (χ0n) is 16.0. The van der Waals surface area contributed by atoms with Crippen molar-refractivity contribution in [3.8, 4) is 0 Å². The SMILES string of the molecule is O=C(Nc1cccc(C(F)(F)F)c1)C1CCN(S(=O)(=O)c2cccc3nsnc23)CC1. The fraction of sp³-hybridized carbons (Fsp3) is 0.316. The number of rotatable bonds is 4. The molecular weight excluding hydrogens is 453 g/mol. The van der Waals surface area contributed by atoms with E-state index in [1.54, 1.807) is 12.1 Å². The Balaban J connectivity index is 1.43. The van der Waals surface area contributed by atoms with Gasteiger partial charge in [-0.25, -0.2) is 8.42 Å². The Hall–Kier alpha value is -2.57. The number of fused-ring (bicyclic) bond motifs is 1. The number of amides is 1. The number of benzene rings is 2. The van der Waals surface area contributed by atoms with Crippen LogP contribution in [0.2, 0.25) is 0 Å². The van der Waals surface area contributed by atoms with E-state index in [1.165, 1.54) is 22.5 Å². The Kier molecular flexibility index (Phi) is 5.71. The standard InChI is InChI=1S/C19H17F3N4O3S2/c20-19(21,22)13-3-1-4-14(11-13)23-18(27)12-7-9-26(10-8-12)31(28,29)16-6-2-5-15-17(16)25-30-24-15/h1-6,11-12H,7-10H2,(H,23,27). The van der Waals surface area contributed by atoms with E-state index in [2.05, 4.69) is 14.1 Å². The van der Waals surface area contributed by atoms with E-state index < -0.39 is 33.6 Å². The predicted molar refractivity (Wildman–Crippen MR) is 109 cm³/mol. The van der Waals surface area contributed by atoms with Crippen LogP contribution in [0.1, 0.15) is 18.4 Å². The molecule has 0 bridgehead atoms. The molecule has 0 unspecified atom stereocenters. The molecule has 1 amide bonds. The fourth-order valence-corrected chi connectivity index (χ4v) is 5.73. The minimum atomic E-state index is -4.50. The molecule has 2 aromatic carbocycles. The molecule has 1 N–H and O–H groups in total. The predicted octanol–water partition coefficient (Wildman–Crippen LogP) is 3.75. The maximum absolute atomic E-state index is 13.1. The molecule has 1 aliphatic heterocycles. The molecule has 1 aromatic heterocycles. The summed E-state index contributed by atoms with van der Waals surface area (Å²) >= 11 is 0.931. The van der Waals surface area contributed by atoms with Crippen LogP contribution in [0.5, 0.6) is 0 Å². The van der Waals surface area contributed by atoms with Gasteiger partial charge in [0.05, 0.1) is 17.3 Å². The molecule has 164 valence electrons. The van der Waals surface area contributed by atoms with Gasteiger partial charge in [-0.3, -0.25) is 4.79 Å². The molecule has 1 aliphatic rings. The summed E-state index contributed by atoms with van der Waals surface area (Å²) < 4.78 is 74.1. The number of carbonyl (C=O) groups is 1. The monoisotopic (exact) mass is 470 g/mol. The lowest BCUT2D eigenvalue weighted by atomic mass is 9.97. The summed E-state index contributed by atoms with van der Waals surface area (Å²) in [6.07, 6.45) is -3.99. The first kappa shape index (κ1) is 21.7. The van der Waals surface area contributed by atoms with Gasteiger partial charge in [-0.1, -0.05) is 12.1 Å². The summed E-state index contributed by atoms with van der Waals surface area (Å²) in [5.41, 5.74) is 0.0212. The number of carbonyl (C=O) groups excluding carboxylic acids is 1. The Morgan fingerprint density at radius 3 is 2.52 bits per heavy atom. The van der Waals surface area contributed by atoms with Crippen molar-refractivity contribution in [2.75, 3.05) is 18.4 Å². The number of hydrogen-bond acceptors (Lipinski definition) is 6. The highest BCUT2D eigenvalue weighted by Crippen LogP contribution is 2.32. The lowest BCUT2D eigenvalue weighted by Crippen LogP contribution is -2.41. The van der Waals surface area contributed by atoms with E-state index >= 15 is 0 Å². The van der Waals surface area contributed by atoms with Crippen LogP contribution >= 0.6 is 11.7 Å². The number of piperidine rings is 1. The van der Waals surface area contributed by atoms with Crippen LogP contribution in [0.25, 0.3) is 11.0 Å². The van der Waals surface area contributed by atoms with E-state index in [-0.39, 0.29) is 36.5 Å². The molecule has 1 fully saturated rings. The topological polar surface area (TPSA) is 92.3 Å². The fourth-order valence-electron chi connectivity index (χ4n) is 3.50. The Morgan fingerprint density at radius 2 is 1.81 bits per heavy atom. The number of halogens is 3. The maximum Gasteiger partial charge on any atom is 0.416 e. The summed E-state index contributed by atoms with van der Waals surface area (Å²) in [6, 6.07) is 9.17. The number of aromatic nitrogens is 2. The molecule has 1 saturated heterocycles. The molecule has 0 saturated carbocycles. The van der Waals surface area contributed by atoms with E-state index in [0.29, 0.717) is 11.0 Å². The van der Waals surface area contributed by atoms with E-state index in [1.807, 2.05) is 0 Å². The van der Waals surface area contributed by atoms with Gasteiger partial charge in [-0.15, -0.1) is 0 Å². The van der Waals surface area contributed by atoms with Gasteiger partial charge < -0.3 is 5.32 Å². The molecular formula is C19H17F3N4O3S2. The van der Waals surface area contributed by atoms with Gasteiger partial charge in [-0.05, 0) is 43.2 Å². The first-order valence-corrected chi connectivity index (χ1v) is 11.5. The van der Waals surface area contributed by atoms with Gasteiger partial charge in [-0.2, -0.15) is 26.2 Å². The normalized spacial score (nSPS) is 16.5. The highest BCUT2D eigenvalue weighted by Gasteiger charge is 2.34. The Morgan fingerprint density at radius 1 is 1.10 bits per heavy atom. The molecule has 0 aliphatic carbocycles. The second kappa shape index (κ2) is 8.17. The van der Waals surface area contributed by atoms with Gasteiger partial charge in [0.1, 0.15) is 15.9 Å². The van der Waals surface area contributed by atoms with Gasteiger partial charge in [0.25, 0.3) is 0 Å². The molecule has 12 heteroatoms. The van der Waals surface area contributed by atoms with Crippen LogP contribution in [-0.4, -0.2) is 40.5 Å². The molecule has 3 aromatic rings. The van der Waals surface area contributed by atoms with Crippen LogP contribution < -0.4 is 5.32 Å². The molecule has 4 rings (SSSR count). The number of sulfonamides is 1. The second-order valence-corrected chi connectivity index (χ2v) is 9.57. The molecule has 0 atom stereocenters. The third-order valence-corrected chi connectivity index (χ3v) is 7.62. The van der Waals surface area contributed by atoms with Crippen LogP contribution in [0.15, 0.2) is 47.4 Å². The zero-order chi connectivity index (χ0) is 22.2. The smallest absolute Gasteiger partial charge is 0.326 e. The third kappa shape index (κ3) is 4.41. The van der Waals surface area contributed by atoms with Crippen molar-refractivity contribution in [3.05, 3.63) is 48.0 Å². The van der Waals surface area contributed by atoms with Crippen molar-refractivity contribution >= 4 is 44.4 Å².